The van der Waals surface area contributed by atoms with Gasteiger partial charge in [-0.2, -0.15) is 0 Å². The van der Waals surface area contributed by atoms with Crippen molar-refractivity contribution in [3.8, 4) is 0 Å². The summed E-state index contributed by atoms with van der Waals surface area (Å²) in [6, 6.07) is 0. The molecule has 0 bridgehead atoms. The van der Waals surface area contributed by atoms with E-state index in [0.29, 0.717) is 0 Å². The van der Waals surface area contributed by atoms with Crippen LogP contribution in [-0.4, -0.2) is 30.0 Å². The van der Waals surface area contributed by atoms with E-state index in [1.807, 2.05) is 12.1 Å². The smallest absolute Gasteiger partial charge is 0.303 e. The SMILES string of the molecule is CN1[N+]SC=C1N1CCCC1. The molecule has 3 nitrogen and oxygen atoms in total. The lowest BCUT2D eigenvalue weighted by Crippen LogP contribution is -2.30. The van der Waals surface area contributed by atoms with E-state index < -0.39 is 0 Å². The molecule has 0 N–H and O–H groups in total. The molecule has 2 aliphatic heterocycles. The first kappa shape index (κ1) is 7.31. The zero-order chi connectivity index (χ0) is 7.68. The number of nitrogens with zero attached hydrogens (tertiary/aromatic N) is 3. The summed E-state index contributed by atoms with van der Waals surface area (Å²) in [7, 11) is 2.00. The molecular weight excluding hydrogens is 158 g/mol. The quantitative estimate of drug-likeness (QED) is 0.548. The van der Waals surface area contributed by atoms with Gasteiger partial charge >= 0.3 is 4.83 Å². The van der Waals surface area contributed by atoms with Crippen molar-refractivity contribution in [1.29, 1.82) is 0 Å². The van der Waals surface area contributed by atoms with Gasteiger partial charge in [0.05, 0.1) is 12.5 Å². The molecule has 4 heteroatoms. The first-order chi connectivity index (χ1) is 5.38. The van der Waals surface area contributed by atoms with Crippen molar-refractivity contribution in [2.24, 2.45) is 0 Å². The average molecular weight is 170 g/mol. The minimum Gasteiger partial charge on any atom is -0.353 e. The third-order valence-electron chi connectivity index (χ3n) is 2.09. The first-order valence-electron chi connectivity index (χ1n) is 3.93. The maximum absolute atomic E-state index is 4.18. The van der Waals surface area contributed by atoms with E-state index in [0.717, 1.165) is 0 Å². The highest BCUT2D eigenvalue weighted by atomic mass is 32.2. The zero-order valence-corrected chi connectivity index (χ0v) is 7.47. The molecule has 60 valence electrons. The summed E-state index contributed by atoms with van der Waals surface area (Å²) in [6.07, 6.45) is 2.66. The lowest BCUT2D eigenvalue weighted by atomic mass is 10.4. The number of rotatable bonds is 1. The number of hydrogen-bond donors (Lipinski definition) is 0. The molecule has 0 spiro atoms. The van der Waals surface area contributed by atoms with Crippen LogP contribution in [0.2, 0.25) is 0 Å². The number of likely N-dealkylation sites (tertiary alicyclic amines) is 1. The lowest BCUT2D eigenvalue weighted by Gasteiger charge is -2.17. The van der Waals surface area contributed by atoms with Crippen molar-refractivity contribution in [2.75, 3.05) is 20.1 Å². The molecule has 1 saturated heterocycles. The van der Waals surface area contributed by atoms with Crippen LogP contribution in [0.1, 0.15) is 12.8 Å². The summed E-state index contributed by atoms with van der Waals surface area (Å²) in [4.78, 5) is 6.57. The summed E-state index contributed by atoms with van der Waals surface area (Å²) in [5.74, 6) is 1.27. The van der Waals surface area contributed by atoms with Gasteiger partial charge in [0, 0.05) is 13.1 Å². The second-order valence-corrected chi connectivity index (χ2v) is 3.49. The van der Waals surface area contributed by atoms with Crippen LogP contribution in [0.15, 0.2) is 11.2 Å². The number of hydrogen-bond acceptors (Lipinski definition) is 3. The molecule has 0 aromatic rings. The molecule has 11 heavy (non-hydrogen) atoms. The van der Waals surface area contributed by atoms with Crippen LogP contribution in [0.25, 0.3) is 0 Å². The van der Waals surface area contributed by atoms with Crippen LogP contribution in [0.5, 0.6) is 0 Å². The summed E-state index contributed by atoms with van der Waals surface area (Å²) in [5, 5.41) is 4.07. The van der Waals surface area contributed by atoms with E-state index in [4.69, 9.17) is 0 Å². The fourth-order valence-corrected chi connectivity index (χ4v) is 2.15. The highest BCUT2D eigenvalue weighted by Gasteiger charge is 2.32. The first-order valence-corrected chi connectivity index (χ1v) is 4.77. The van der Waals surface area contributed by atoms with Crippen LogP contribution in [0.4, 0.5) is 0 Å². The van der Waals surface area contributed by atoms with Crippen molar-refractivity contribution < 1.29 is 0 Å². The van der Waals surface area contributed by atoms with Crippen LogP contribution in [0, 0.1) is 0 Å². The normalized spacial score (nSPS) is 24.6. The standard InChI is InChI=1S/C7H12N3S/c1-9-7(6-11-8-9)10-4-2-3-5-10/h6H,2-5H2,1H3/q+1. The summed E-state index contributed by atoms with van der Waals surface area (Å²) in [5.41, 5.74) is 0. The highest BCUT2D eigenvalue weighted by molar-refractivity contribution is 8.00. The van der Waals surface area contributed by atoms with Crippen molar-refractivity contribution >= 4 is 11.9 Å². The van der Waals surface area contributed by atoms with Crippen LogP contribution >= 0.6 is 11.9 Å². The minimum atomic E-state index is 1.20. The molecule has 0 atom stereocenters. The van der Waals surface area contributed by atoms with Gasteiger partial charge in [-0.1, -0.05) is 5.01 Å². The van der Waals surface area contributed by atoms with Gasteiger partial charge in [0.25, 0.3) is 11.9 Å². The molecule has 0 aromatic heterocycles. The van der Waals surface area contributed by atoms with Crippen molar-refractivity contribution in [3.05, 3.63) is 11.2 Å². The Labute approximate surface area is 71.5 Å². The average Bonchev–Trinajstić information content (AvgIpc) is 2.55. The van der Waals surface area contributed by atoms with Crippen molar-refractivity contribution in [2.45, 2.75) is 12.8 Å². The molecule has 2 radical (unpaired) electrons. The fraction of sp³-hybridized carbons (Fsp3) is 0.714. The van der Waals surface area contributed by atoms with Crippen molar-refractivity contribution in [3.63, 3.8) is 0 Å². The Morgan fingerprint density at radius 2 is 2.18 bits per heavy atom. The van der Waals surface area contributed by atoms with Crippen LogP contribution < -0.4 is 4.83 Å². The maximum atomic E-state index is 4.18. The van der Waals surface area contributed by atoms with E-state index in [-0.39, 0.29) is 0 Å². The summed E-state index contributed by atoms with van der Waals surface area (Å²) in [6.45, 7) is 2.40. The van der Waals surface area contributed by atoms with Gasteiger partial charge in [-0.3, -0.25) is 0 Å². The topological polar surface area (TPSA) is 20.6 Å². The van der Waals surface area contributed by atoms with E-state index in [9.17, 15) is 0 Å². The lowest BCUT2D eigenvalue weighted by molar-refractivity contribution is 0.258. The third kappa shape index (κ3) is 1.32. The van der Waals surface area contributed by atoms with Gasteiger partial charge in [0.15, 0.2) is 5.82 Å². The monoisotopic (exact) mass is 170 g/mol. The van der Waals surface area contributed by atoms with Gasteiger partial charge in [0.1, 0.15) is 0 Å². The highest BCUT2D eigenvalue weighted by Crippen LogP contribution is 2.24. The molecule has 0 aromatic carbocycles. The maximum Gasteiger partial charge on any atom is 0.303 e. The van der Waals surface area contributed by atoms with Crippen molar-refractivity contribution in [1.82, 2.24) is 14.7 Å². The second-order valence-electron chi connectivity index (χ2n) is 2.88. The summed E-state index contributed by atoms with van der Waals surface area (Å²) >= 11 is 1.52. The molecule has 1 fully saturated rings. The Morgan fingerprint density at radius 1 is 1.45 bits per heavy atom. The molecule has 0 unspecified atom stereocenters. The Morgan fingerprint density at radius 3 is 2.73 bits per heavy atom. The molecule has 0 saturated carbocycles. The summed E-state index contributed by atoms with van der Waals surface area (Å²) < 4.78 is 0. The minimum absolute atomic E-state index is 1.20. The van der Waals surface area contributed by atoms with Crippen LogP contribution in [0.3, 0.4) is 0 Å². The Bertz CT molecular complexity index is 175. The third-order valence-corrected chi connectivity index (χ3v) is 2.74. The zero-order valence-electron chi connectivity index (χ0n) is 6.66. The molecule has 0 amide bonds. The molecule has 2 aliphatic rings. The van der Waals surface area contributed by atoms with Gasteiger partial charge < -0.3 is 4.90 Å². The molecule has 2 rings (SSSR count). The second kappa shape index (κ2) is 2.95. The Balaban J connectivity index is 2.02. The van der Waals surface area contributed by atoms with E-state index in [1.54, 1.807) is 0 Å². The molecular formula is C7H12N3S+. The van der Waals surface area contributed by atoms with Crippen LogP contribution in [-0.2, 0) is 0 Å². The van der Waals surface area contributed by atoms with Gasteiger partial charge in [-0.05, 0) is 12.8 Å². The van der Waals surface area contributed by atoms with E-state index in [1.165, 1.54) is 43.7 Å². The Kier molecular flexibility index (Phi) is 1.96. The predicted molar refractivity (Wildman–Crippen MR) is 46.4 cm³/mol. The van der Waals surface area contributed by atoms with Gasteiger partial charge in [0.2, 0.25) is 0 Å². The fourth-order valence-electron chi connectivity index (χ4n) is 1.48. The van der Waals surface area contributed by atoms with Gasteiger partial charge in [-0.25, -0.2) is 0 Å². The molecule has 0 aliphatic carbocycles. The molecule has 2 heterocycles. The van der Waals surface area contributed by atoms with E-state index >= 15 is 0 Å². The largest absolute Gasteiger partial charge is 0.353 e. The van der Waals surface area contributed by atoms with Gasteiger partial charge in [-0.15, -0.1) is 0 Å². The van der Waals surface area contributed by atoms with E-state index in [2.05, 4.69) is 15.1 Å². The Hall–Kier alpha value is -0.350. The predicted octanol–water partition coefficient (Wildman–Crippen LogP) is 0.994.